The number of rotatable bonds is 4. The molecule has 132 valence electrons. The van der Waals surface area contributed by atoms with E-state index < -0.39 is 6.09 Å². The normalized spacial score (nSPS) is 17.8. The van der Waals surface area contributed by atoms with E-state index in [-0.39, 0.29) is 11.5 Å². The second-order valence-corrected chi connectivity index (χ2v) is 7.37. The highest BCUT2D eigenvalue weighted by Crippen LogP contribution is 2.46. The minimum atomic E-state index is -0.975. The minimum Gasteiger partial charge on any atom is -0.494 e. The molecule has 2 N–H and O–H groups in total. The molecule has 0 aromatic heterocycles. The van der Waals surface area contributed by atoms with Gasteiger partial charge in [0.25, 0.3) is 0 Å². The lowest BCUT2D eigenvalue weighted by Gasteiger charge is -2.27. The summed E-state index contributed by atoms with van der Waals surface area (Å²) in [4.78, 5) is 11.1. The molecule has 4 nitrogen and oxygen atoms in total. The molecule has 0 spiro atoms. The van der Waals surface area contributed by atoms with E-state index in [0.717, 1.165) is 34.4 Å². The second kappa shape index (κ2) is 6.43. The summed E-state index contributed by atoms with van der Waals surface area (Å²) in [5.41, 5.74) is 5.58. The predicted molar refractivity (Wildman–Crippen MR) is 99.2 cm³/mol. The third-order valence-electron chi connectivity index (χ3n) is 4.96. The number of fused-ring (bicyclic) bond motifs is 1. The average Bonchev–Trinajstić information content (AvgIpc) is 2.78. The Bertz CT molecular complexity index is 811. The molecule has 3 rings (SSSR count). The van der Waals surface area contributed by atoms with Crippen LogP contribution in [-0.2, 0) is 6.42 Å². The molecule has 0 saturated carbocycles. The van der Waals surface area contributed by atoms with Crippen molar-refractivity contribution < 1.29 is 14.6 Å². The third-order valence-corrected chi connectivity index (χ3v) is 4.96. The van der Waals surface area contributed by atoms with E-state index in [1.165, 1.54) is 5.56 Å². The molecule has 1 aliphatic rings. The van der Waals surface area contributed by atoms with Crippen molar-refractivity contribution in [3.63, 3.8) is 0 Å². The number of carbonyl (C=O) groups is 1. The molecular formula is C21H25NO3. The first kappa shape index (κ1) is 17.3. The van der Waals surface area contributed by atoms with Gasteiger partial charge in [0.05, 0.1) is 12.6 Å². The molecule has 0 saturated heterocycles. The van der Waals surface area contributed by atoms with Crippen molar-refractivity contribution in [2.24, 2.45) is 5.41 Å². The summed E-state index contributed by atoms with van der Waals surface area (Å²) in [7, 11) is 0. The highest BCUT2D eigenvalue weighted by atomic mass is 16.5. The van der Waals surface area contributed by atoms with Crippen molar-refractivity contribution in [3.05, 3.63) is 53.1 Å². The smallest absolute Gasteiger partial charge is 0.405 e. The average molecular weight is 339 g/mol. The van der Waals surface area contributed by atoms with Crippen LogP contribution in [0.25, 0.3) is 11.1 Å². The van der Waals surface area contributed by atoms with Crippen molar-refractivity contribution >= 4 is 6.09 Å². The molecule has 25 heavy (non-hydrogen) atoms. The first-order valence-corrected chi connectivity index (χ1v) is 8.68. The highest BCUT2D eigenvalue weighted by molar-refractivity contribution is 5.69. The van der Waals surface area contributed by atoms with E-state index in [1.54, 1.807) is 0 Å². The number of nitrogens with one attached hydrogen (secondary N) is 1. The summed E-state index contributed by atoms with van der Waals surface area (Å²) < 4.78 is 5.62. The van der Waals surface area contributed by atoms with Gasteiger partial charge in [0, 0.05) is 0 Å². The summed E-state index contributed by atoms with van der Waals surface area (Å²) >= 11 is 0. The highest BCUT2D eigenvalue weighted by Gasteiger charge is 2.39. The molecule has 0 radical (unpaired) electrons. The van der Waals surface area contributed by atoms with Crippen molar-refractivity contribution in [3.8, 4) is 16.9 Å². The summed E-state index contributed by atoms with van der Waals surface area (Å²) in [6.45, 7) is 8.91. The quantitative estimate of drug-likeness (QED) is 0.828. The van der Waals surface area contributed by atoms with Gasteiger partial charge < -0.3 is 15.2 Å². The van der Waals surface area contributed by atoms with E-state index in [1.807, 2.05) is 13.0 Å². The van der Waals surface area contributed by atoms with Crippen LogP contribution < -0.4 is 10.1 Å². The number of hydrogen-bond acceptors (Lipinski definition) is 2. The maximum atomic E-state index is 11.1. The van der Waals surface area contributed by atoms with Gasteiger partial charge in [-0.25, -0.2) is 4.79 Å². The summed E-state index contributed by atoms with van der Waals surface area (Å²) in [6, 6.07) is 12.4. The second-order valence-electron chi connectivity index (χ2n) is 7.37. The van der Waals surface area contributed by atoms with Gasteiger partial charge >= 0.3 is 6.09 Å². The van der Waals surface area contributed by atoms with Crippen LogP contribution >= 0.6 is 0 Å². The van der Waals surface area contributed by atoms with Crippen LogP contribution in [0.3, 0.4) is 0 Å². The van der Waals surface area contributed by atoms with Crippen molar-refractivity contribution in [2.75, 3.05) is 6.61 Å². The van der Waals surface area contributed by atoms with Crippen LogP contribution in [0.15, 0.2) is 36.4 Å². The Morgan fingerprint density at radius 2 is 1.92 bits per heavy atom. The Hall–Kier alpha value is -2.49. The Morgan fingerprint density at radius 1 is 1.24 bits per heavy atom. The first-order chi connectivity index (χ1) is 11.8. The minimum absolute atomic E-state index is 0.131. The van der Waals surface area contributed by atoms with E-state index in [0.29, 0.717) is 6.61 Å². The molecule has 1 atom stereocenters. The summed E-state index contributed by atoms with van der Waals surface area (Å²) in [5.74, 6) is 0.916. The molecule has 0 bridgehead atoms. The topological polar surface area (TPSA) is 58.6 Å². The van der Waals surface area contributed by atoms with E-state index >= 15 is 0 Å². The molecule has 0 aliphatic heterocycles. The van der Waals surface area contributed by atoms with Crippen molar-refractivity contribution in [1.29, 1.82) is 0 Å². The molecule has 1 aliphatic carbocycles. The lowest BCUT2D eigenvalue weighted by atomic mass is 9.85. The third kappa shape index (κ3) is 3.34. The van der Waals surface area contributed by atoms with Crippen LogP contribution in [0, 0.1) is 12.3 Å². The number of ether oxygens (including phenoxy) is 1. The SMILES string of the molecule is CCOc1ccc(-c2ccc3c(c2)CC(C)(C)[C@H]3NC(=O)O)cc1C. The summed E-state index contributed by atoms with van der Waals surface area (Å²) in [6.07, 6.45) is -0.117. The molecule has 0 fully saturated rings. The lowest BCUT2D eigenvalue weighted by Crippen LogP contribution is -2.34. The predicted octanol–water partition coefficient (Wildman–Crippen LogP) is 4.95. The number of carboxylic acid groups (broad SMARTS) is 1. The molecule has 0 unspecified atom stereocenters. The molecule has 0 heterocycles. The van der Waals surface area contributed by atoms with Gasteiger partial charge in [-0.1, -0.05) is 38.1 Å². The number of benzene rings is 2. The Kier molecular flexibility index (Phi) is 4.46. The van der Waals surface area contributed by atoms with Gasteiger partial charge in [-0.15, -0.1) is 0 Å². The fourth-order valence-electron chi connectivity index (χ4n) is 3.78. The van der Waals surface area contributed by atoms with Crippen LogP contribution in [0.4, 0.5) is 4.79 Å². The zero-order valence-corrected chi connectivity index (χ0v) is 15.2. The maximum absolute atomic E-state index is 11.1. The number of aryl methyl sites for hydroxylation is 1. The Morgan fingerprint density at radius 3 is 2.56 bits per heavy atom. The van der Waals surface area contributed by atoms with Gasteiger partial charge in [-0.05, 0) is 65.6 Å². The zero-order chi connectivity index (χ0) is 18.2. The van der Waals surface area contributed by atoms with E-state index in [2.05, 4.69) is 56.4 Å². The monoisotopic (exact) mass is 339 g/mol. The Balaban J connectivity index is 1.95. The van der Waals surface area contributed by atoms with Crippen LogP contribution in [-0.4, -0.2) is 17.8 Å². The van der Waals surface area contributed by atoms with Crippen LogP contribution in [0.5, 0.6) is 5.75 Å². The van der Waals surface area contributed by atoms with Gasteiger partial charge in [0.2, 0.25) is 0 Å². The number of amides is 1. The van der Waals surface area contributed by atoms with Crippen LogP contribution in [0.1, 0.15) is 43.5 Å². The molecule has 1 amide bonds. The van der Waals surface area contributed by atoms with Gasteiger partial charge in [-0.2, -0.15) is 0 Å². The van der Waals surface area contributed by atoms with E-state index in [4.69, 9.17) is 9.84 Å². The van der Waals surface area contributed by atoms with Crippen molar-refractivity contribution in [2.45, 2.75) is 40.2 Å². The van der Waals surface area contributed by atoms with E-state index in [9.17, 15) is 4.79 Å². The molecule has 2 aromatic carbocycles. The van der Waals surface area contributed by atoms with Crippen LogP contribution in [0.2, 0.25) is 0 Å². The largest absolute Gasteiger partial charge is 0.494 e. The Labute approximate surface area is 148 Å². The molecule has 4 heteroatoms. The number of hydrogen-bond donors (Lipinski definition) is 2. The molecular weight excluding hydrogens is 314 g/mol. The fraction of sp³-hybridized carbons (Fsp3) is 0.381. The fourth-order valence-corrected chi connectivity index (χ4v) is 3.78. The van der Waals surface area contributed by atoms with Gasteiger partial charge in [-0.3, -0.25) is 0 Å². The standard InChI is InChI=1S/C21H25NO3/c1-5-25-18-9-7-14(10-13(18)2)15-6-8-17-16(11-15)12-21(3,4)19(17)22-20(23)24/h6-11,19,22H,5,12H2,1-4H3,(H,23,24)/t19-/m0/s1. The zero-order valence-electron chi connectivity index (χ0n) is 15.2. The van der Waals surface area contributed by atoms with Gasteiger partial charge in [0.15, 0.2) is 0 Å². The lowest BCUT2D eigenvalue weighted by molar-refractivity contribution is 0.175. The first-order valence-electron chi connectivity index (χ1n) is 8.68. The molecule has 2 aromatic rings. The maximum Gasteiger partial charge on any atom is 0.405 e. The van der Waals surface area contributed by atoms with Crippen molar-refractivity contribution in [1.82, 2.24) is 5.32 Å². The van der Waals surface area contributed by atoms with Gasteiger partial charge in [0.1, 0.15) is 5.75 Å². The summed E-state index contributed by atoms with van der Waals surface area (Å²) in [5, 5.41) is 11.8.